The molecule has 0 heterocycles. The van der Waals surface area contributed by atoms with E-state index in [0.717, 1.165) is 10.0 Å². The Kier molecular flexibility index (Phi) is 2.55. The Bertz CT molecular complexity index is 198. The van der Waals surface area contributed by atoms with Crippen LogP contribution in [0.1, 0.15) is 5.56 Å². The highest BCUT2D eigenvalue weighted by atomic mass is 79.9. The zero-order valence-corrected chi connectivity index (χ0v) is 7.04. The van der Waals surface area contributed by atoms with Gasteiger partial charge in [-0.2, -0.15) is 0 Å². The van der Waals surface area contributed by atoms with Crippen LogP contribution in [0.5, 0.6) is 0 Å². The van der Waals surface area contributed by atoms with Gasteiger partial charge in [-0.25, -0.2) is 0 Å². The van der Waals surface area contributed by atoms with Crippen molar-refractivity contribution in [3.8, 4) is 0 Å². The van der Waals surface area contributed by atoms with Gasteiger partial charge in [0, 0.05) is 10.4 Å². The highest BCUT2D eigenvalue weighted by molar-refractivity contribution is 9.10. The van der Waals surface area contributed by atoms with E-state index in [-0.39, 0.29) is 0 Å². The van der Waals surface area contributed by atoms with Gasteiger partial charge in [-0.1, -0.05) is 22.0 Å². The van der Waals surface area contributed by atoms with Gasteiger partial charge in [0.25, 0.3) is 0 Å². The van der Waals surface area contributed by atoms with E-state index < -0.39 is 0 Å². The van der Waals surface area contributed by atoms with Gasteiger partial charge in [-0.3, -0.25) is 0 Å². The van der Waals surface area contributed by atoms with Crippen molar-refractivity contribution in [3.05, 3.63) is 34.3 Å². The predicted molar refractivity (Wildman–Crippen MR) is 42.5 cm³/mol. The molecule has 0 nitrogen and oxygen atoms in total. The molecule has 1 aromatic carbocycles. The van der Waals surface area contributed by atoms with Crippen LogP contribution in [0.4, 0.5) is 0 Å². The second-order valence-electron chi connectivity index (χ2n) is 1.67. The van der Waals surface area contributed by atoms with Gasteiger partial charge in [-0.15, -0.1) is 11.6 Å². The molecule has 1 rings (SSSR count). The van der Waals surface area contributed by atoms with Crippen LogP contribution in [0.3, 0.4) is 0 Å². The van der Waals surface area contributed by atoms with Crippen LogP contribution in [0.25, 0.3) is 0 Å². The number of halogens is 2. The topological polar surface area (TPSA) is 0 Å². The zero-order valence-electron chi connectivity index (χ0n) is 4.70. The summed E-state index contributed by atoms with van der Waals surface area (Å²) in [5, 5.41) is 0. The summed E-state index contributed by atoms with van der Waals surface area (Å²) in [6.07, 6.45) is 0. The molecule has 0 spiro atoms. The first kappa shape index (κ1) is 7.10. The maximum atomic E-state index is 5.55. The van der Waals surface area contributed by atoms with Crippen molar-refractivity contribution in [2.75, 3.05) is 0 Å². The van der Waals surface area contributed by atoms with Crippen LogP contribution in [0, 0.1) is 6.07 Å². The molecule has 0 aliphatic rings. The summed E-state index contributed by atoms with van der Waals surface area (Å²) >= 11 is 8.87. The monoisotopic (exact) mass is 203 g/mol. The third kappa shape index (κ3) is 1.99. The molecule has 47 valence electrons. The first-order valence-electron chi connectivity index (χ1n) is 2.55. The third-order valence-corrected chi connectivity index (χ3v) is 1.75. The fourth-order valence-electron chi connectivity index (χ4n) is 0.562. The van der Waals surface area contributed by atoms with E-state index in [1.807, 2.05) is 18.2 Å². The number of alkyl halides is 1. The Morgan fingerprint density at radius 1 is 1.67 bits per heavy atom. The van der Waals surface area contributed by atoms with E-state index in [1.165, 1.54) is 0 Å². The number of hydrogen-bond donors (Lipinski definition) is 0. The minimum absolute atomic E-state index is 0.527. The molecule has 0 aromatic heterocycles. The van der Waals surface area contributed by atoms with Gasteiger partial charge in [0.15, 0.2) is 0 Å². The summed E-state index contributed by atoms with van der Waals surface area (Å²) in [5.74, 6) is 0.527. The Labute approximate surface area is 68.0 Å². The van der Waals surface area contributed by atoms with Gasteiger partial charge in [0.2, 0.25) is 0 Å². The summed E-state index contributed by atoms with van der Waals surface area (Å²) in [6, 6.07) is 8.72. The van der Waals surface area contributed by atoms with E-state index in [4.69, 9.17) is 11.6 Å². The lowest BCUT2D eigenvalue weighted by atomic mass is 10.2. The van der Waals surface area contributed by atoms with Gasteiger partial charge in [-0.05, 0) is 23.8 Å². The van der Waals surface area contributed by atoms with Crippen molar-refractivity contribution in [2.45, 2.75) is 5.88 Å². The Morgan fingerprint density at radius 2 is 2.44 bits per heavy atom. The molecule has 0 aliphatic carbocycles. The van der Waals surface area contributed by atoms with Crippen molar-refractivity contribution in [1.29, 1.82) is 0 Å². The Morgan fingerprint density at radius 3 is 2.89 bits per heavy atom. The largest absolute Gasteiger partial charge is 0.122 e. The molecule has 0 saturated carbocycles. The quantitative estimate of drug-likeness (QED) is 0.617. The van der Waals surface area contributed by atoms with E-state index in [2.05, 4.69) is 22.0 Å². The molecule has 0 saturated heterocycles. The summed E-state index contributed by atoms with van der Waals surface area (Å²) in [5.41, 5.74) is 1.02. The van der Waals surface area contributed by atoms with Crippen LogP contribution in [-0.4, -0.2) is 0 Å². The molecular formula is C7H5BrCl. The predicted octanol–water partition coefficient (Wildman–Crippen LogP) is 2.99. The lowest BCUT2D eigenvalue weighted by Crippen LogP contribution is -1.75. The molecule has 1 radical (unpaired) electrons. The Balaban J connectivity index is 2.94. The van der Waals surface area contributed by atoms with Crippen LogP contribution in [-0.2, 0) is 5.88 Å². The summed E-state index contributed by atoms with van der Waals surface area (Å²) in [7, 11) is 0. The van der Waals surface area contributed by atoms with Crippen molar-refractivity contribution in [1.82, 2.24) is 0 Å². The van der Waals surface area contributed by atoms with Gasteiger partial charge in [0.05, 0.1) is 0 Å². The molecule has 1 aromatic rings. The molecule has 9 heavy (non-hydrogen) atoms. The zero-order chi connectivity index (χ0) is 6.69. The van der Waals surface area contributed by atoms with Gasteiger partial charge in [0.1, 0.15) is 0 Å². The molecule has 0 atom stereocenters. The van der Waals surface area contributed by atoms with E-state index in [0.29, 0.717) is 5.88 Å². The standard InChI is InChI=1S/C7H5BrCl/c8-7-3-1-2-6(4-7)5-9/h1,3-4H,5H2. The third-order valence-electron chi connectivity index (χ3n) is 0.967. The molecular weight excluding hydrogens is 199 g/mol. The van der Waals surface area contributed by atoms with Gasteiger partial charge < -0.3 is 0 Å². The fraction of sp³-hybridized carbons (Fsp3) is 0.143. The van der Waals surface area contributed by atoms with Crippen molar-refractivity contribution in [3.63, 3.8) is 0 Å². The van der Waals surface area contributed by atoms with Crippen LogP contribution < -0.4 is 0 Å². The summed E-state index contributed by atoms with van der Waals surface area (Å²) < 4.78 is 1.05. The van der Waals surface area contributed by atoms with Crippen molar-refractivity contribution >= 4 is 27.5 Å². The van der Waals surface area contributed by atoms with Crippen LogP contribution >= 0.6 is 27.5 Å². The molecule has 0 N–H and O–H groups in total. The van der Waals surface area contributed by atoms with Crippen molar-refractivity contribution < 1.29 is 0 Å². The smallest absolute Gasteiger partial charge is 0.0480 e. The second kappa shape index (κ2) is 3.23. The lowest BCUT2D eigenvalue weighted by molar-refractivity contribution is 1.38. The number of hydrogen-bond acceptors (Lipinski definition) is 0. The number of rotatable bonds is 1. The Hall–Kier alpha value is -0.0100. The molecule has 2 heteroatoms. The first-order chi connectivity index (χ1) is 4.33. The SMILES string of the molecule is ClCc1[c]ccc(Br)c1. The fourth-order valence-corrected chi connectivity index (χ4v) is 1.12. The van der Waals surface area contributed by atoms with Gasteiger partial charge >= 0.3 is 0 Å². The summed E-state index contributed by atoms with van der Waals surface area (Å²) in [4.78, 5) is 0. The molecule has 0 unspecified atom stereocenters. The minimum Gasteiger partial charge on any atom is -0.122 e. The molecule has 0 amide bonds. The highest BCUT2D eigenvalue weighted by Gasteiger charge is 1.89. The molecule has 0 fully saturated rings. The summed E-state index contributed by atoms with van der Waals surface area (Å²) in [6.45, 7) is 0. The normalized spacial score (nSPS) is 9.56. The highest BCUT2D eigenvalue weighted by Crippen LogP contribution is 2.11. The molecule has 0 aliphatic heterocycles. The second-order valence-corrected chi connectivity index (χ2v) is 2.85. The average Bonchev–Trinajstić information content (AvgIpc) is 1.88. The maximum absolute atomic E-state index is 5.55. The van der Waals surface area contributed by atoms with E-state index in [1.54, 1.807) is 0 Å². The van der Waals surface area contributed by atoms with Crippen molar-refractivity contribution in [2.24, 2.45) is 0 Å². The van der Waals surface area contributed by atoms with E-state index >= 15 is 0 Å². The average molecular weight is 204 g/mol. The maximum Gasteiger partial charge on any atom is 0.0480 e. The first-order valence-corrected chi connectivity index (χ1v) is 3.88. The van der Waals surface area contributed by atoms with Crippen LogP contribution in [0.15, 0.2) is 22.7 Å². The van der Waals surface area contributed by atoms with E-state index in [9.17, 15) is 0 Å². The minimum atomic E-state index is 0.527. The number of benzene rings is 1. The lowest BCUT2D eigenvalue weighted by Gasteiger charge is -1.92. The molecule has 0 bridgehead atoms. The van der Waals surface area contributed by atoms with Crippen LogP contribution in [0.2, 0.25) is 0 Å².